The molecule has 4 nitrogen and oxygen atoms in total. The minimum absolute atomic E-state index is 0.0571. The summed E-state index contributed by atoms with van der Waals surface area (Å²) >= 11 is 6.24. The zero-order valence-corrected chi connectivity index (χ0v) is 17.1. The van der Waals surface area contributed by atoms with Gasteiger partial charge in [-0.15, -0.1) is 0 Å². The maximum absolute atomic E-state index is 10.1. The summed E-state index contributed by atoms with van der Waals surface area (Å²) in [6, 6.07) is 13.8. The van der Waals surface area contributed by atoms with Crippen LogP contribution in [-0.4, -0.2) is 0 Å². The van der Waals surface area contributed by atoms with Crippen LogP contribution in [0.15, 0.2) is 47.2 Å². The van der Waals surface area contributed by atoms with E-state index >= 15 is 0 Å². The van der Waals surface area contributed by atoms with Crippen LogP contribution in [0.3, 0.4) is 0 Å². The van der Waals surface area contributed by atoms with Gasteiger partial charge >= 0.3 is 0 Å². The van der Waals surface area contributed by atoms with Crippen molar-refractivity contribution in [3.05, 3.63) is 57.8 Å². The normalized spacial score (nSPS) is 26.3. The highest BCUT2D eigenvalue weighted by Gasteiger charge is 2.55. The molecule has 0 aliphatic heterocycles. The lowest BCUT2D eigenvalue weighted by Crippen LogP contribution is -2.44. The molecule has 28 heavy (non-hydrogen) atoms. The van der Waals surface area contributed by atoms with Crippen LogP contribution in [0.25, 0.3) is 0 Å². The molecule has 0 amide bonds. The zero-order chi connectivity index (χ0) is 20.7. The first kappa shape index (κ1) is 20.0. The van der Waals surface area contributed by atoms with Gasteiger partial charge in [-0.05, 0) is 53.4 Å². The lowest BCUT2D eigenvalue weighted by Gasteiger charge is -2.47. The minimum Gasteiger partial charge on any atom is -0.399 e. The highest BCUT2D eigenvalue weighted by atomic mass is 35.5. The maximum atomic E-state index is 10.1. The Bertz CT molecular complexity index is 977. The molecule has 0 bridgehead atoms. The van der Waals surface area contributed by atoms with Crippen molar-refractivity contribution in [3.63, 3.8) is 0 Å². The number of hydrogen-bond acceptors (Lipinski definition) is 4. The molecule has 142 valence electrons. The predicted octanol–water partition coefficient (Wildman–Crippen LogP) is 5.21. The van der Waals surface area contributed by atoms with Crippen molar-refractivity contribution in [1.29, 1.82) is 15.8 Å². The van der Waals surface area contributed by atoms with Crippen molar-refractivity contribution in [1.82, 2.24) is 0 Å². The number of nitrogens with zero attached hydrogens (tertiary/aromatic N) is 3. The van der Waals surface area contributed by atoms with E-state index in [1.54, 1.807) is 12.1 Å². The van der Waals surface area contributed by atoms with Crippen LogP contribution in [0.4, 0.5) is 0 Å². The first-order chi connectivity index (χ1) is 13.2. The summed E-state index contributed by atoms with van der Waals surface area (Å²) in [5.41, 5.74) is 6.81. The summed E-state index contributed by atoms with van der Waals surface area (Å²) in [4.78, 5) is 0. The van der Waals surface area contributed by atoms with Gasteiger partial charge in [-0.3, -0.25) is 0 Å². The van der Waals surface area contributed by atoms with Gasteiger partial charge in [-0.1, -0.05) is 50.6 Å². The van der Waals surface area contributed by atoms with Gasteiger partial charge in [0.1, 0.15) is 6.07 Å². The summed E-state index contributed by atoms with van der Waals surface area (Å²) in [5, 5.41) is 30.5. The molecule has 0 saturated carbocycles. The summed E-state index contributed by atoms with van der Waals surface area (Å²) in [7, 11) is 0. The summed E-state index contributed by atoms with van der Waals surface area (Å²) < 4.78 is 0. The van der Waals surface area contributed by atoms with E-state index in [9.17, 15) is 15.8 Å². The van der Waals surface area contributed by atoms with E-state index in [4.69, 9.17) is 17.3 Å². The summed E-state index contributed by atoms with van der Waals surface area (Å²) in [5.74, 6) is -0.246. The first-order valence-corrected chi connectivity index (χ1v) is 9.76. The second kappa shape index (κ2) is 7.01. The Kier molecular flexibility index (Phi) is 5.01. The fraction of sp³-hybridized carbons (Fsp3) is 0.435. The second-order valence-electron chi connectivity index (χ2n) is 8.77. The molecule has 2 aliphatic rings. The molecule has 0 heterocycles. The molecule has 1 aromatic carbocycles. The van der Waals surface area contributed by atoms with Gasteiger partial charge < -0.3 is 5.73 Å². The Hall–Kier alpha value is -2.74. The smallest absolute Gasteiger partial charge is 0.191 e. The van der Waals surface area contributed by atoms with Gasteiger partial charge in [-0.25, -0.2) is 0 Å². The van der Waals surface area contributed by atoms with Crippen LogP contribution in [0.2, 0.25) is 5.02 Å². The van der Waals surface area contributed by atoms with E-state index in [1.807, 2.05) is 12.1 Å². The van der Waals surface area contributed by atoms with Gasteiger partial charge in [0.25, 0.3) is 0 Å². The number of allylic oxidation sites excluding steroid dienone is 4. The molecule has 1 aromatic rings. The Morgan fingerprint density at radius 1 is 1.18 bits per heavy atom. The van der Waals surface area contributed by atoms with Crippen LogP contribution in [0.1, 0.15) is 45.1 Å². The van der Waals surface area contributed by atoms with Crippen LogP contribution in [-0.2, 0) is 0 Å². The fourth-order valence-corrected chi connectivity index (χ4v) is 4.87. The quantitative estimate of drug-likeness (QED) is 0.711. The number of hydrogen-bond donors (Lipinski definition) is 1. The van der Waals surface area contributed by atoms with Gasteiger partial charge in [-0.2, -0.15) is 15.8 Å². The van der Waals surface area contributed by atoms with Crippen LogP contribution in [0.5, 0.6) is 0 Å². The first-order valence-electron chi connectivity index (χ1n) is 9.38. The van der Waals surface area contributed by atoms with Crippen molar-refractivity contribution in [3.8, 4) is 18.2 Å². The molecule has 3 atom stereocenters. The molecule has 0 unspecified atom stereocenters. The Morgan fingerprint density at radius 3 is 2.39 bits per heavy atom. The number of benzene rings is 1. The van der Waals surface area contributed by atoms with Crippen molar-refractivity contribution in [2.24, 2.45) is 28.4 Å². The number of nitriles is 3. The molecule has 3 rings (SSSR count). The molecule has 0 spiro atoms. The Labute approximate surface area is 171 Å². The molecule has 0 radical (unpaired) electrons. The zero-order valence-electron chi connectivity index (χ0n) is 16.3. The molecule has 0 saturated heterocycles. The highest BCUT2D eigenvalue weighted by Crippen LogP contribution is 2.58. The molecule has 5 heteroatoms. The van der Waals surface area contributed by atoms with Gasteiger partial charge in [0.05, 0.1) is 23.4 Å². The third kappa shape index (κ3) is 2.97. The molecule has 0 aromatic heterocycles. The lowest BCUT2D eigenvalue weighted by molar-refractivity contribution is 0.170. The summed E-state index contributed by atoms with van der Waals surface area (Å²) in [6.45, 7) is 6.60. The van der Waals surface area contributed by atoms with Crippen LogP contribution in [0, 0.1) is 56.7 Å². The largest absolute Gasteiger partial charge is 0.399 e. The average molecular weight is 391 g/mol. The van der Waals surface area contributed by atoms with Gasteiger partial charge in [0.2, 0.25) is 0 Å². The van der Waals surface area contributed by atoms with Gasteiger partial charge in [0.15, 0.2) is 5.41 Å². The van der Waals surface area contributed by atoms with Gasteiger partial charge in [0, 0.05) is 10.9 Å². The van der Waals surface area contributed by atoms with E-state index < -0.39 is 11.3 Å². The Morgan fingerprint density at radius 2 is 1.86 bits per heavy atom. The molecular formula is C23H23ClN4. The van der Waals surface area contributed by atoms with E-state index in [0.29, 0.717) is 16.5 Å². The lowest BCUT2D eigenvalue weighted by atomic mass is 9.54. The molecule has 2 aliphatic carbocycles. The maximum Gasteiger partial charge on any atom is 0.191 e. The predicted molar refractivity (Wildman–Crippen MR) is 108 cm³/mol. The van der Waals surface area contributed by atoms with E-state index in [2.05, 4.69) is 45.1 Å². The van der Waals surface area contributed by atoms with Crippen molar-refractivity contribution < 1.29 is 0 Å². The molecule has 0 fully saturated rings. The monoisotopic (exact) mass is 390 g/mol. The molecule has 2 N–H and O–H groups in total. The van der Waals surface area contributed by atoms with Crippen LogP contribution < -0.4 is 5.73 Å². The Balaban J connectivity index is 2.31. The third-order valence-electron chi connectivity index (χ3n) is 6.31. The van der Waals surface area contributed by atoms with E-state index in [1.165, 1.54) is 0 Å². The molecular weight excluding hydrogens is 368 g/mol. The SMILES string of the molecule is CC(C)(C)[C@@H]1CC=C2C(C#N)=C(N)C(C#N)(C#N)[C@@H](c3cccc(Cl)c3)[C@H]2C1. The second-order valence-corrected chi connectivity index (χ2v) is 9.20. The number of rotatable bonds is 1. The highest BCUT2D eigenvalue weighted by molar-refractivity contribution is 6.30. The van der Waals surface area contributed by atoms with E-state index in [-0.39, 0.29) is 17.0 Å². The number of nitrogens with two attached hydrogens (primary N) is 1. The topological polar surface area (TPSA) is 97.4 Å². The number of fused-ring (bicyclic) bond motifs is 1. The van der Waals surface area contributed by atoms with Crippen LogP contribution >= 0.6 is 11.6 Å². The average Bonchev–Trinajstić information content (AvgIpc) is 2.66. The van der Waals surface area contributed by atoms with Crippen molar-refractivity contribution >= 4 is 11.6 Å². The standard InChI is InChI=1S/C23H23ClN4/c1-22(2,3)15-7-8-17-18(10-15)20(14-5-4-6-16(24)9-14)23(12-26,13-27)21(28)19(17)11-25/h4-6,8-9,15,18,20H,7,10,28H2,1-3H3/t15-,18+,20+/m1/s1. The van der Waals surface area contributed by atoms with Crippen molar-refractivity contribution in [2.75, 3.05) is 0 Å². The number of halogens is 1. The third-order valence-corrected chi connectivity index (χ3v) is 6.54. The van der Waals surface area contributed by atoms with E-state index in [0.717, 1.165) is 24.0 Å². The fourth-order valence-electron chi connectivity index (χ4n) is 4.67. The van der Waals surface area contributed by atoms with Crippen molar-refractivity contribution in [2.45, 2.75) is 39.5 Å². The summed E-state index contributed by atoms with van der Waals surface area (Å²) in [6.07, 6.45) is 3.73. The minimum atomic E-state index is -1.60.